The molecule has 0 aromatic heterocycles. The lowest BCUT2D eigenvalue weighted by Crippen LogP contribution is -2.46. The Hall–Kier alpha value is -6.58. The Labute approximate surface area is 381 Å². The molecule has 1 aliphatic carbocycles. The van der Waals surface area contributed by atoms with Crippen molar-refractivity contribution in [1.29, 1.82) is 0 Å². The Kier molecular flexibility index (Phi) is 9.26. The standard InChI is InChI=1S/C61H57BN2/c1-38-18-15-19-39(2)56(38)44-34-47(46-33-43(41-22-13-10-14-23-41)28-29-53(46)63-45-25-16-24-42(32-45)40-20-11-9-12-21-40)57-55(35-44)64-54-37-50-49(59(3,4)30-31-60(50,5)6)36-51(54)61(7,8)48-26-17-27-52(62-57)58(48)64/h9-29,32-37,62-63H,30-31H2,1-8H3. The number of nitrogens with zero attached hydrogens (tertiary/aromatic N) is 1. The van der Waals surface area contributed by atoms with Crippen LogP contribution >= 0.6 is 0 Å². The molecule has 2 heterocycles. The van der Waals surface area contributed by atoms with Crippen LogP contribution in [0.1, 0.15) is 87.8 Å². The average Bonchev–Trinajstić information content (AvgIpc) is 3.29. The Bertz CT molecular complexity index is 3140. The highest BCUT2D eigenvalue weighted by atomic mass is 15.2. The van der Waals surface area contributed by atoms with Gasteiger partial charge in [-0.15, -0.1) is 0 Å². The van der Waals surface area contributed by atoms with Crippen molar-refractivity contribution in [3.8, 4) is 44.5 Å². The summed E-state index contributed by atoms with van der Waals surface area (Å²) >= 11 is 0. The van der Waals surface area contributed by atoms with E-state index in [-0.39, 0.29) is 16.2 Å². The van der Waals surface area contributed by atoms with Crippen molar-refractivity contribution < 1.29 is 0 Å². The predicted octanol–water partition coefficient (Wildman–Crippen LogP) is 14.9. The zero-order valence-corrected chi connectivity index (χ0v) is 38.7. The Morgan fingerprint density at radius 2 is 1.06 bits per heavy atom. The van der Waals surface area contributed by atoms with E-state index in [1.165, 1.54) is 119 Å². The van der Waals surface area contributed by atoms with Gasteiger partial charge in [0.1, 0.15) is 0 Å². The fourth-order valence-corrected chi connectivity index (χ4v) is 11.4. The van der Waals surface area contributed by atoms with Crippen molar-refractivity contribution in [2.75, 3.05) is 10.2 Å². The second-order valence-corrected chi connectivity index (χ2v) is 20.6. The van der Waals surface area contributed by atoms with Gasteiger partial charge in [-0.2, -0.15) is 0 Å². The summed E-state index contributed by atoms with van der Waals surface area (Å²) in [6.45, 7) is 19.3. The van der Waals surface area contributed by atoms with Gasteiger partial charge in [-0.05, 0) is 158 Å². The molecular weight excluding hydrogens is 771 g/mol. The molecule has 0 unspecified atom stereocenters. The van der Waals surface area contributed by atoms with Gasteiger partial charge in [-0.3, -0.25) is 0 Å². The van der Waals surface area contributed by atoms with E-state index >= 15 is 0 Å². The molecule has 8 aromatic rings. The normalized spacial score (nSPS) is 15.8. The van der Waals surface area contributed by atoms with Gasteiger partial charge < -0.3 is 10.2 Å². The first-order chi connectivity index (χ1) is 30.8. The molecule has 2 aliphatic heterocycles. The fraction of sp³-hybridized carbons (Fsp3) is 0.213. The van der Waals surface area contributed by atoms with E-state index in [2.05, 4.69) is 229 Å². The first-order valence-electron chi connectivity index (χ1n) is 23.3. The molecule has 0 amide bonds. The van der Waals surface area contributed by atoms with Crippen LogP contribution in [0.3, 0.4) is 0 Å². The zero-order valence-electron chi connectivity index (χ0n) is 38.7. The molecule has 8 aromatic carbocycles. The highest BCUT2D eigenvalue weighted by Gasteiger charge is 2.45. The lowest BCUT2D eigenvalue weighted by molar-refractivity contribution is 0.331. The van der Waals surface area contributed by atoms with Gasteiger partial charge in [0.2, 0.25) is 0 Å². The molecule has 2 nitrogen and oxygen atoms in total. The van der Waals surface area contributed by atoms with E-state index in [0.29, 0.717) is 0 Å². The third kappa shape index (κ3) is 6.46. The molecule has 3 heteroatoms. The minimum atomic E-state index is -0.177. The molecule has 0 spiro atoms. The highest BCUT2D eigenvalue weighted by molar-refractivity contribution is 6.73. The van der Waals surface area contributed by atoms with Gasteiger partial charge in [0.25, 0.3) is 0 Å². The van der Waals surface area contributed by atoms with E-state index < -0.39 is 0 Å². The Morgan fingerprint density at radius 1 is 0.469 bits per heavy atom. The van der Waals surface area contributed by atoms with Gasteiger partial charge in [-0.25, -0.2) is 0 Å². The van der Waals surface area contributed by atoms with E-state index in [1.807, 2.05) is 0 Å². The smallest absolute Gasteiger partial charge is 0.198 e. The second-order valence-electron chi connectivity index (χ2n) is 20.6. The number of aryl methyl sites for hydroxylation is 2. The molecule has 0 saturated heterocycles. The fourth-order valence-electron chi connectivity index (χ4n) is 11.4. The molecule has 64 heavy (non-hydrogen) atoms. The van der Waals surface area contributed by atoms with E-state index in [9.17, 15) is 0 Å². The molecule has 3 aliphatic rings. The summed E-state index contributed by atoms with van der Waals surface area (Å²) in [7, 11) is 0.838. The van der Waals surface area contributed by atoms with E-state index in [0.717, 1.165) is 18.7 Å². The molecule has 0 bridgehead atoms. The van der Waals surface area contributed by atoms with Crippen LogP contribution in [-0.4, -0.2) is 7.28 Å². The zero-order chi connectivity index (χ0) is 44.1. The van der Waals surface area contributed by atoms with Crippen molar-refractivity contribution in [1.82, 2.24) is 0 Å². The maximum Gasteiger partial charge on any atom is 0.198 e. The summed E-state index contributed by atoms with van der Waals surface area (Å²) in [6.07, 6.45) is 2.37. The van der Waals surface area contributed by atoms with Crippen molar-refractivity contribution >= 4 is 46.6 Å². The average molecular weight is 829 g/mol. The minimum Gasteiger partial charge on any atom is -0.355 e. The third-order valence-corrected chi connectivity index (χ3v) is 15.2. The van der Waals surface area contributed by atoms with Crippen LogP contribution in [0.25, 0.3) is 44.5 Å². The maximum atomic E-state index is 3.98. The van der Waals surface area contributed by atoms with Gasteiger partial charge in [0.05, 0.1) is 5.69 Å². The monoisotopic (exact) mass is 828 g/mol. The molecule has 0 fully saturated rings. The SMILES string of the molecule is Cc1cccc(C)c1-c1cc(-c2cc(-c3ccccc3)ccc2Nc2cccc(-c3ccccc3)c2)c2c(c1)N1c3cc4c(cc3C(C)(C)c3cccc(c31)B2)C(C)(C)CCC4(C)C. The van der Waals surface area contributed by atoms with Gasteiger partial charge in [0.15, 0.2) is 7.28 Å². The van der Waals surface area contributed by atoms with Crippen LogP contribution in [0.5, 0.6) is 0 Å². The number of hydrogen-bond acceptors (Lipinski definition) is 2. The molecule has 0 saturated carbocycles. The van der Waals surface area contributed by atoms with Crippen LogP contribution in [0.2, 0.25) is 0 Å². The molecule has 314 valence electrons. The molecule has 0 atom stereocenters. The number of anilines is 5. The van der Waals surface area contributed by atoms with Crippen molar-refractivity contribution in [2.45, 2.75) is 84.5 Å². The summed E-state index contributed by atoms with van der Waals surface area (Å²) in [6, 6.07) is 61.5. The van der Waals surface area contributed by atoms with Crippen LogP contribution in [0.4, 0.5) is 28.4 Å². The van der Waals surface area contributed by atoms with Crippen LogP contribution in [0, 0.1) is 13.8 Å². The van der Waals surface area contributed by atoms with Gasteiger partial charge in [0, 0.05) is 33.7 Å². The number of fused-ring (bicyclic) bond motifs is 5. The Morgan fingerprint density at radius 3 is 1.75 bits per heavy atom. The molecule has 11 rings (SSSR count). The minimum absolute atomic E-state index is 0.0734. The maximum absolute atomic E-state index is 3.98. The number of hydrogen-bond donors (Lipinski definition) is 1. The van der Waals surface area contributed by atoms with E-state index in [1.54, 1.807) is 0 Å². The molecular formula is C61H57BN2. The lowest BCUT2D eigenvalue weighted by Gasteiger charge is -2.49. The molecule has 0 radical (unpaired) electrons. The quantitative estimate of drug-likeness (QED) is 0.168. The number of nitrogens with one attached hydrogen (secondary N) is 1. The van der Waals surface area contributed by atoms with Crippen LogP contribution in [-0.2, 0) is 16.2 Å². The first kappa shape index (κ1) is 40.2. The van der Waals surface area contributed by atoms with Gasteiger partial charge >= 0.3 is 0 Å². The Balaban J connectivity index is 1.20. The number of rotatable bonds is 6. The van der Waals surface area contributed by atoms with Crippen molar-refractivity contribution in [3.63, 3.8) is 0 Å². The predicted molar refractivity (Wildman–Crippen MR) is 276 cm³/mol. The third-order valence-electron chi connectivity index (χ3n) is 15.2. The molecule has 1 N–H and O–H groups in total. The topological polar surface area (TPSA) is 15.3 Å². The summed E-state index contributed by atoms with van der Waals surface area (Å²) in [4.78, 5) is 2.69. The highest BCUT2D eigenvalue weighted by Crippen LogP contribution is 2.57. The van der Waals surface area contributed by atoms with Crippen molar-refractivity contribution in [3.05, 3.63) is 197 Å². The second kappa shape index (κ2) is 14.7. The largest absolute Gasteiger partial charge is 0.355 e. The summed E-state index contributed by atoms with van der Waals surface area (Å²) in [5.74, 6) is 0. The van der Waals surface area contributed by atoms with Gasteiger partial charge in [-0.1, -0.05) is 168 Å². The summed E-state index contributed by atoms with van der Waals surface area (Å²) in [5, 5.41) is 3.98. The first-order valence-corrected chi connectivity index (χ1v) is 23.3. The van der Waals surface area contributed by atoms with E-state index in [4.69, 9.17) is 0 Å². The van der Waals surface area contributed by atoms with Crippen molar-refractivity contribution in [2.24, 2.45) is 0 Å². The van der Waals surface area contributed by atoms with Crippen LogP contribution in [0.15, 0.2) is 164 Å². The summed E-state index contributed by atoms with van der Waals surface area (Å²) in [5.41, 5.74) is 27.1. The lowest BCUT2D eigenvalue weighted by atomic mass is 9.55. The van der Waals surface area contributed by atoms with Crippen LogP contribution < -0.4 is 21.1 Å². The number of benzene rings is 8. The number of para-hydroxylation sites is 1. The summed E-state index contributed by atoms with van der Waals surface area (Å²) < 4.78 is 0.